The second kappa shape index (κ2) is 4.68. The average Bonchev–Trinajstić information content (AvgIpc) is 2.17. The van der Waals surface area contributed by atoms with Crippen LogP contribution in [-0.2, 0) is 0 Å². The zero-order valence-electron chi connectivity index (χ0n) is 9.20. The topological polar surface area (TPSA) is 64.3 Å². The van der Waals surface area contributed by atoms with Gasteiger partial charge < -0.3 is 15.8 Å². The number of carbonyl (C=O) groups is 1. The molecule has 0 radical (unpaired) electrons. The van der Waals surface area contributed by atoms with Gasteiger partial charge in [-0.15, -0.1) is 0 Å². The van der Waals surface area contributed by atoms with Crippen LogP contribution in [0.15, 0.2) is 18.2 Å². The molecule has 82 valence electrons. The van der Waals surface area contributed by atoms with Crippen molar-refractivity contribution in [2.24, 2.45) is 0 Å². The number of carbonyl (C=O) groups excluding carboxylic acids is 1. The first kappa shape index (κ1) is 11.4. The zero-order valence-corrected chi connectivity index (χ0v) is 9.20. The number of nitrogens with one attached hydrogen (secondary N) is 1. The third-order valence-corrected chi connectivity index (χ3v) is 1.95. The Bertz CT molecular complexity index is 362. The number of benzene rings is 1. The molecular formula is C11H16N2O2. The molecule has 15 heavy (non-hydrogen) atoms. The first-order chi connectivity index (χ1) is 7.06. The van der Waals surface area contributed by atoms with Gasteiger partial charge >= 0.3 is 0 Å². The largest absolute Gasteiger partial charge is 0.495 e. The molecule has 1 aromatic rings. The molecule has 0 saturated heterocycles. The molecule has 0 spiro atoms. The predicted octanol–water partition coefficient (Wildman–Crippen LogP) is 1.42. The van der Waals surface area contributed by atoms with Gasteiger partial charge in [-0.3, -0.25) is 4.79 Å². The van der Waals surface area contributed by atoms with E-state index in [9.17, 15) is 4.79 Å². The number of ether oxygens (including phenoxy) is 1. The summed E-state index contributed by atoms with van der Waals surface area (Å²) in [6.45, 7) is 3.79. The summed E-state index contributed by atoms with van der Waals surface area (Å²) in [5.74, 6) is 0.341. The smallest absolute Gasteiger partial charge is 0.253 e. The minimum Gasteiger partial charge on any atom is -0.495 e. The fourth-order valence-corrected chi connectivity index (χ4v) is 1.26. The lowest BCUT2D eigenvalue weighted by molar-refractivity contribution is 0.0944. The number of para-hydroxylation sites is 1. The molecule has 0 saturated carbocycles. The van der Waals surface area contributed by atoms with Crippen LogP contribution in [0.1, 0.15) is 24.2 Å². The van der Waals surface area contributed by atoms with E-state index in [2.05, 4.69) is 5.32 Å². The maximum Gasteiger partial charge on any atom is 0.253 e. The number of nitrogens with two attached hydrogens (primary N) is 1. The van der Waals surface area contributed by atoms with Crippen molar-refractivity contribution in [1.82, 2.24) is 5.32 Å². The van der Waals surface area contributed by atoms with Crippen LogP contribution in [0.5, 0.6) is 5.75 Å². The summed E-state index contributed by atoms with van der Waals surface area (Å²) in [6.07, 6.45) is 0. The summed E-state index contributed by atoms with van der Waals surface area (Å²) in [7, 11) is 1.52. The second-order valence-corrected chi connectivity index (χ2v) is 3.55. The Morgan fingerprint density at radius 3 is 2.67 bits per heavy atom. The van der Waals surface area contributed by atoms with E-state index >= 15 is 0 Å². The first-order valence-electron chi connectivity index (χ1n) is 4.79. The van der Waals surface area contributed by atoms with Gasteiger partial charge in [0.15, 0.2) is 0 Å². The van der Waals surface area contributed by atoms with E-state index in [-0.39, 0.29) is 11.9 Å². The third-order valence-electron chi connectivity index (χ3n) is 1.95. The van der Waals surface area contributed by atoms with Crippen LogP contribution in [0, 0.1) is 0 Å². The molecule has 3 N–H and O–H groups in total. The maximum absolute atomic E-state index is 11.7. The molecule has 0 bridgehead atoms. The second-order valence-electron chi connectivity index (χ2n) is 3.55. The molecule has 0 aromatic heterocycles. The lowest BCUT2D eigenvalue weighted by atomic mass is 10.1. The number of hydrogen-bond acceptors (Lipinski definition) is 3. The van der Waals surface area contributed by atoms with Crippen molar-refractivity contribution in [3.8, 4) is 5.75 Å². The summed E-state index contributed by atoms with van der Waals surface area (Å²) >= 11 is 0. The van der Waals surface area contributed by atoms with Crippen LogP contribution in [-0.4, -0.2) is 19.1 Å². The molecule has 1 aromatic carbocycles. The number of hydrogen-bond donors (Lipinski definition) is 2. The van der Waals surface area contributed by atoms with Crippen LogP contribution >= 0.6 is 0 Å². The molecule has 4 nitrogen and oxygen atoms in total. The molecule has 0 aliphatic heterocycles. The van der Waals surface area contributed by atoms with E-state index in [0.717, 1.165) is 0 Å². The third kappa shape index (κ3) is 2.62. The summed E-state index contributed by atoms with van der Waals surface area (Å²) in [5, 5.41) is 2.78. The lowest BCUT2D eigenvalue weighted by Gasteiger charge is -2.12. The number of methoxy groups -OCH3 is 1. The minimum absolute atomic E-state index is 0.0862. The number of nitrogen functional groups attached to an aromatic ring is 1. The Morgan fingerprint density at radius 1 is 1.47 bits per heavy atom. The molecule has 1 amide bonds. The Labute approximate surface area is 89.4 Å². The van der Waals surface area contributed by atoms with Gasteiger partial charge in [-0.05, 0) is 26.0 Å². The van der Waals surface area contributed by atoms with Gasteiger partial charge in [0, 0.05) is 6.04 Å². The minimum atomic E-state index is -0.179. The summed E-state index contributed by atoms with van der Waals surface area (Å²) in [5.41, 5.74) is 6.61. The molecule has 0 heterocycles. The standard InChI is InChI=1S/C11H16N2O2/c1-7(2)13-11(14)8-5-4-6-9(15-3)10(8)12/h4-7H,12H2,1-3H3,(H,13,14). The van der Waals surface area contributed by atoms with E-state index in [1.165, 1.54) is 7.11 Å². The van der Waals surface area contributed by atoms with Crippen LogP contribution in [0.2, 0.25) is 0 Å². The number of anilines is 1. The van der Waals surface area contributed by atoms with Crippen LogP contribution in [0.4, 0.5) is 5.69 Å². The van der Waals surface area contributed by atoms with Crippen molar-refractivity contribution >= 4 is 11.6 Å². The Morgan fingerprint density at radius 2 is 2.13 bits per heavy atom. The van der Waals surface area contributed by atoms with Gasteiger partial charge in [0.2, 0.25) is 0 Å². The molecular weight excluding hydrogens is 192 g/mol. The van der Waals surface area contributed by atoms with Gasteiger partial charge in [-0.1, -0.05) is 6.07 Å². The highest BCUT2D eigenvalue weighted by molar-refractivity contribution is 6.00. The van der Waals surface area contributed by atoms with Gasteiger partial charge in [-0.2, -0.15) is 0 Å². The molecule has 0 fully saturated rings. The highest BCUT2D eigenvalue weighted by atomic mass is 16.5. The van der Waals surface area contributed by atoms with E-state index in [1.807, 2.05) is 13.8 Å². The SMILES string of the molecule is COc1cccc(C(=O)NC(C)C)c1N. The molecule has 0 aliphatic carbocycles. The van der Waals surface area contributed by atoms with Gasteiger partial charge in [-0.25, -0.2) is 0 Å². The van der Waals surface area contributed by atoms with Crippen molar-refractivity contribution < 1.29 is 9.53 Å². The Hall–Kier alpha value is -1.71. The van der Waals surface area contributed by atoms with E-state index in [1.54, 1.807) is 18.2 Å². The van der Waals surface area contributed by atoms with Gasteiger partial charge in [0.05, 0.1) is 18.4 Å². The zero-order chi connectivity index (χ0) is 11.4. The predicted molar refractivity (Wildman–Crippen MR) is 60.0 cm³/mol. The maximum atomic E-state index is 11.7. The lowest BCUT2D eigenvalue weighted by Crippen LogP contribution is -2.30. The highest BCUT2D eigenvalue weighted by Crippen LogP contribution is 2.24. The monoisotopic (exact) mass is 208 g/mol. The fraction of sp³-hybridized carbons (Fsp3) is 0.364. The normalized spacial score (nSPS) is 10.1. The molecule has 0 aliphatic rings. The van der Waals surface area contributed by atoms with E-state index in [4.69, 9.17) is 10.5 Å². The number of amides is 1. The molecule has 4 heteroatoms. The van der Waals surface area contributed by atoms with E-state index < -0.39 is 0 Å². The highest BCUT2D eigenvalue weighted by Gasteiger charge is 2.13. The number of rotatable bonds is 3. The van der Waals surface area contributed by atoms with Crippen LogP contribution in [0.25, 0.3) is 0 Å². The Kier molecular flexibility index (Phi) is 3.55. The molecule has 1 rings (SSSR count). The molecule has 0 atom stereocenters. The van der Waals surface area contributed by atoms with Crippen LogP contribution < -0.4 is 15.8 Å². The molecule has 0 unspecified atom stereocenters. The van der Waals surface area contributed by atoms with Crippen molar-refractivity contribution in [1.29, 1.82) is 0 Å². The van der Waals surface area contributed by atoms with Crippen molar-refractivity contribution in [3.63, 3.8) is 0 Å². The van der Waals surface area contributed by atoms with Crippen molar-refractivity contribution in [3.05, 3.63) is 23.8 Å². The average molecular weight is 208 g/mol. The summed E-state index contributed by atoms with van der Waals surface area (Å²) in [6, 6.07) is 5.23. The van der Waals surface area contributed by atoms with Gasteiger partial charge in [0.25, 0.3) is 5.91 Å². The Balaban J connectivity index is 2.99. The van der Waals surface area contributed by atoms with Crippen molar-refractivity contribution in [2.75, 3.05) is 12.8 Å². The fourth-order valence-electron chi connectivity index (χ4n) is 1.26. The van der Waals surface area contributed by atoms with Crippen molar-refractivity contribution in [2.45, 2.75) is 19.9 Å². The first-order valence-corrected chi connectivity index (χ1v) is 4.79. The summed E-state index contributed by atoms with van der Waals surface area (Å²) in [4.78, 5) is 11.7. The quantitative estimate of drug-likeness (QED) is 0.738. The van der Waals surface area contributed by atoms with Gasteiger partial charge in [0.1, 0.15) is 5.75 Å². The van der Waals surface area contributed by atoms with Crippen LogP contribution in [0.3, 0.4) is 0 Å². The summed E-state index contributed by atoms with van der Waals surface area (Å²) < 4.78 is 5.04. The van der Waals surface area contributed by atoms with E-state index in [0.29, 0.717) is 17.0 Å².